The minimum absolute atomic E-state index is 0.268. The van der Waals surface area contributed by atoms with E-state index < -0.39 is 18.8 Å². The van der Waals surface area contributed by atoms with Crippen molar-refractivity contribution in [2.24, 2.45) is 5.92 Å². The second-order valence-electron chi connectivity index (χ2n) is 3.96. The first-order chi connectivity index (χ1) is 7.25. The number of rotatable bonds is 4. The first-order valence-corrected chi connectivity index (χ1v) is 12.7. The number of carbonyl (C=O) groups excluding carboxylic acids is 1. The Morgan fingerprint density at radius 1 is 1.67 bits per heavy atom. The fourth-order valence-corrected chi connectivity index (χ4v) is 7.56. The van der Waals surface area contributed by atoms with Crippen molar-refractivity contribution in [1.82, 2.24) is 5.32 Å². The summed E-state index contributed by atoms with van der Waals surface area (Å²) >= 11 is -1.39. The minimum atomic E-state index is -1.39. The number of hydrogen-bond donors (Lipinski definition) is 1. The van der Waals surface area contributed by atoms with Gasteiger partial charge in [0.1, 0.15) is 0 Å². The molecule has 1 aliphatic heterocycles. The molecule has 1 atom stereocenters. The monoisotopic (exact) mass is 339 g/mol. The predicted octanol–water partition coefficient (Wildman–Crippen LogP) is 1.72. The van der Waals surface area contributed by atoms with Gasteiger partial charge in [0.15, 0.2) is 0 Å². The van der Waals surface area contributed by atoms with Crippen LogP contribution in [0.4, 0.5) is 4.79 Å². The molecular formula is C9H16NO3SSb. The summed E-state index contributed by atoms with van der Waals surface area (Å²) in [5, 5.41) is 2.87. The molecule has 1 aliphatic carbocycles. The van der Waals surface area contributed by atoms with E-state index in [1.54, 1.807) is 0 Å². The van der Waals surface area contributed by atoms with Crippen LogP contribution in [-0.4, -0.2) is 42.1 Å². The second-order valence-corrected chi connectivity index (χ2v) is 13.8. The normalized spacial score (nSPS) is 23.8. The SMILES string of the molecule is CC(NC(=O)O[S][Sb]1[CH2]CO[CH2]1)C1CC1. The topological polar surface area (TPSA) is 47.6 Å². The number of amides is 1. The molecule has 0 aromatic rings. The molecule has 0 aromatic carbocycles. The van der Waals surface area contributed by atoms with Gasteiger partial charge in [0.05, 0.1) is 0 Å². The third kappa shape index (κ3) is 4.04. The fourth-order valence-electron chi connectivity index (χ4n) is 1.47. The van der Waals surface area contributed by atoms with Crippen LogP contribution in [-0.2, 0) is 8.92 Å². The van der Waals surface area contributed by atoms with Crippen LogP contribution in [0.1, 0.15) is 19.8 Å². The summed E-state index contributed by atoms with van der Waals surface area (Å²) in [6.45, 7) is 2.91. The first-order valence-electron chi connectivity index (χ1n) is 5.23. The van der Waals surface area contributed by atoms with Gasteiger partial charge in [-0.05, 0) is 0 Å². The number of hydrogen-bond acceptors (Lipinski definition) is 4. The Balaban J connectivity index is 1.59. The van der Waals surface area contributed by atoms with Crippen LogP contribution < -0.4 is 5.32 Å². The van der Waals surface area contributed by atoms with E-state index in [1.807, 2.05) is 6.92 Å². The molecule has 0 bridgehead atoms. The van der Waals surface area contributed by atoms with E-state index in [4.69, 9.17) is 8.92 Å². The van der Waals surface area contributed by atoms with Crippen LogP contribution in [0.5, 0.6) is 0 Å². The molecule has 6 heteroatoms. The van der Waals surface area contributed by atoms with Crippen LogP contribution in [0, 0.1) is 5.92 Å². The molecule has 1 N–H and O–H groups in total. The molecule has 2 fully saturated rings. The van der Waals surface area contributed by atoms with Crippen molar-refractivity contribution in [1.29, 1.82) is 0 Å². The van der Waals surface area contributed by atoms with E-state index in [0.29, 0.717) is 5.92 Å². The van der Waals surface area contributed by atoms with E-state index in [-0.39, 0.29) is 12.1 Å². The quantitative estimate of drug-likeness (QED) is 0.626. The Morgan fingerprint density at radius 2 is 2.47 bits per heavy atom. The molecule has 15 heavy (non-hydrogen) atoms. The molecule has 1 saturated carbocycles. The fraction of sp³-hybridized carbons (Fsp3) is 0.889. The Labute approximate surface area is 100 Å². The summed E-state index contributed by atoms with van der Waals surface area (Å²) in [4.78, 5) is 11.4. The second kappa shape index (κ2) is 5.64. The van der Waals surface area contributed by atoms with E-state index in [2.05, 4.69) is 5.32 Å². The molecule has 1 heterocycles. The molecule has 0 aromatic heterocycles. The maximum atomic E-state index is 11.4. The predicted molar refractivity (Wildman–Crippen MR) is 60.8 cm³/mol. The van der Waals surface area contributed by atoms with Gasteiger partial charge in [-0.2, -0.15) is 0 Å². The summed E-state index contributed by atoms with van der Waals surface area (Å²) in [7, 11) is 1.41. The third-order valence-corrected chi connectivity index (χ3v) is 10.7. The Kier molecular flexibility index (Phi) is 4.47. The molecule has 4 nitrogen and oxygen atoms in total. The van der Waals surface area contributed by atoms with Gasteiger partial charge < -0.3 is 0 Å². The molecule has 2 rings (SSSR count). The van der Waals surface area contributed by atoms with E-state index >= 15 is 0 Å². The van der Waals surface area contributed by atoms with E-state index in [0.717, 1.165) is 15.5 Å². The number of ether oxygens (including phenoxy) is 1. The molecule has 2 aliphatic rings. The zero-order valence-electron chi connectivity index (χ0n) is 8.77. The van der Waals surface area contributed by atoms with Crippen molar-refractivity contribution >= 4 is 34.0 Å². The van der Waals surface area contributed by atoms with Crippen LogP contribution in [0.15, 0.2) is 0 Å². The molecule has 0 spiro atoms. The van der Waals surface area contributed by atoms with Crippen molar-refractivity contribution in [3.05, 3.63) is 0 Å². The standard InChI is InChI=1S/C6H11NO2S.C3H6O.Sb/c1-4(5-2-3-5)7-6(8)9-10;1-3-4-2;/h4-5,10H,2-3H2,1H3,(H,7,8);1-3H2;/q;;+1/p-1. The van der Waals surface area contributed by atoms with Crippen LogP contribution in [0.3, 0.4) is 0 Å². The molecule has 0 radical (unpaired) electrons. The Bertz CT molecular complexity index is 231. The van der Waals surface area contributed by atoms with Gasteiger partial charge >= 0.3 is 100 Å². The van der Waals surface area contributed by atoms with Gasteiger partial charge in [0, 0.05) is 0 Å². The van der Waals surface area contributed by atoms with Crippen molar-refractivity contribution in [2.75, 3.05) is 11.2 Å². The van der Waals surface area contributed by atoms with Crippen LogP contribution in [0.2, 0.25) is 4.37 Å². The molecule has 1 unspecified atom stereocenters. The average Bonchev–Trinajstić information content (AvgIpc) is 2.93. The van der Waals surface area contributed by atoms with Gasteiger partial charge in [-0.15, -0.1) is 0 Å². The van der Waals surface area contributed by atoms with Crippen molar-refractivity contribution in [2.45, 2.75) is 30.2 Å². The summed E-state index contributed by atoms with van der Waals surface area (Å²) in [5.74, 6) is 0.679. The van der Waals surface area contributed by atoms with Crippen molar-refractivity contribution in [3.8, 4) is 0 Å². The van der Waals surface area contributed by atoms with Gasteiger partial charge in [-0.1, -0.05) is 0 Å². The van der Waals surface area contributed by atoms with Gasteiger partial charge in [-0.25, -0.2) is 0 Å². The van der Waals surface area contributed by atoms with Crippen molar-refractivity contribution < 1.29 is 13.7 Å². The summed E-state index contributed by atoms with van der Waals surface area (Å²) in [6.07, 6.45) is 2.21. The zero-order valence-corrected chi connectivity index (χ0v) is 12.1. The zero-order chi connectivity index (χ0) is 10.7. The Morgan fingerprint density at radius 3 is 3.07 bits per heavy atom. The van der Waals surface area contributed by atoms with E-state index in [1.165, 1.54) is 22.0 Å². The Hall–Kier alpha value is 0.398. The van der Waals surface area contributed by atoms with Gasteiger partial charge in [0.2, 0.25) is 0 Å². The summed E-state index contributed by atoms with van der Waals surface area (Å²) in [6, 6.07) is 0.268. The molecular weight excluding hydrogens is 324 g/mol. The summed E-state index contributed by atoms with van der Waals surface area (Å²) < 4.78 is 12.4. The summed E-state index contributed by atoms with van der Waals surface area (Å²) in [5.41, 5.74) is 0. The van der Waals surface area contributed by atoms with E-state index in [9.17, 15) is 4.79 Å². The van der Waals surface area contributed by atoms with Gasteiger partial charge in [-0.3, -0.25) is 0 Å². The number of carbonyl (C=O) groups is 1. The molecule has 86 valence electrons. The van der Waals surface area contributed by atoms with Gasteiger partial charge in [0.25, 0.3) is 0 Å². The average molecular weight is 340 g/mol. The van der Waals surface area contributed by atoms with Crippen LogP contribution in [0.25, 0.3) is 0 Å². The first kappa shape index (κ1) is 11.9. The third-order valence-electron chi connectivity index (χ3n) is 2.61. The van der Waals surface area contributed by atoms with Crippen LogP contribution >= 0.6 is 9.13 Å². The van der Waals surface area contributed by atoms with Crippen molar-refractivity contribution in [3.63, 3.8) is 0 Å². The number of nitrogens with one attached hydrogen (secondary N) is 1. The molecule has 1 saturated heterocycles. The molecule has 1 amide bonds. The maximum absolute atomic E-state index is 11.4.